The molecule has 0 heterocycles. The fraction of sp³-hybridized carbons (Fsp3) is 0.176. The molecule has 0 aromatic heterocycles. The Morgan fingerprint density at radius 1 is 1.00 bits per heavy atom. The summed E-state index contributed by atoms with van der Waals surface area (Å²) in [6.07, 6.45) is -0.970. The van der Waals surface area contributed by atoms with Gasteiger partial charge >= 0.3 is 5.97 Å². The molecule has 0 spiro atoms. The van der Waals surface area contributed by atoms with Gasteiger partial charge in [0.25, 0.3) is 5.91 Å². The Balaban J connectivity index is 1.85. The van der Waals surface area contributed by atoms with Crippen molar-refractivity contribution >= 4 is 64.0 Å². The molecule has 0 saturated heterocycles. The van der Waals surface area contributed by atoms with Crippen molar-refractivity contribution in [2.24, 2.45) is 0 Å². The normalized spacial score (nSPS) is 11.6. The number of halogens is 4. The van der Waals surface area contributed by atoms with Crippen molar-refractivity contribution in [3.05, 3.63) is 56.5 Å². The number of rotatable bonds is 6. The van der Waals surface area contributed by atoms with Crippen molar-refractivity contribution in [3.63, 3.8) is 0 Å². The van der Waals surface area contributed by atoms with Crippen LogP contribution in [0.1, 0.15) is 6.92 Å². The summed E-state index contributed by atoms with van der Waals surface area (Å²) < 4.78 is 10.3. The quantitative estimate of drug-likeness (QED) is 0.628. The van der Waals surface area contributed by atoms with E-state index in [4.69, 9.17) is 55.9 Å². The summed E-state index contributed by atoms with van der Waals surface area (Å²) in [7, 11) is 0. The lowest BCUT2D eigenvalue weighted by molar-refractivity contribution is -0.153. The topological polar surface area (TPSA) is 64.6 Å². The van der Waals surface area contributed by atoms with E-state index in [-0.39, 0.29) is 10.8 Å². The average Bonchev–Trinajstić information content (AvgIpc) is 2.54. The summed E-state index contributed by atoms with van der Waals surface area (Å²) in [5, 5.41) is 3.95. The van der Waals surface area contributed by atoms with Crippen LogP contribution in [0.4, 0.5) is 5.69 Å². The lowest BCUT2D eigenvalue weighted by Gasteiger charge is -2.15. The fourth-order valence-electron chi connectivity index (χ4n) is 1.89. The van der Waals surface area contributed by atoms with Gasteiger partial charge in [-0.3, -0.25) is 4.79 Å². The van der Waals surface area contributed by atoms with E-state index in [0.29, 0.717) is 20.8 Å². The van der Waals surface area contributed by atoms with Gasteiger partial charge in [-0.25, -0.2) is 4.79 Å². The van der Waals surface area contributed by atoms with Crippen LogP contribution in [0.3, 0.4) is 0 Å². The van der Waals surface area contributed by atoms with Crippen molar-refractivity contribution in [2.45, 2.75) is 13.0 Å². The molecule has 1 unspecified atom stereocenters. The largest absolute Gasteiger partial charge is 0.477 e. The Bertz CT molecular complexity index is 808. The number of amides is 1. The second-order valence-corrected chi connectivity index (χ2v) is 6.87. The minimum atomic E-state index is -0.970. The number of esters is 1. The molecular formula is C17H13Cl4NO4. The molecule has 2 aromatic rings. The highest BCUT2D eigenvalue weighted by Crippen LogP contribution is 2.28. The molecule has 1 amide bonds. The van der Waals surface area contributed by atoms with E-state index in [1.165, 1.54) is 37.3 Å². The van der Waals surface area contributed by atoms with Crippen LogP contribution in [-0.4, -0.2) is 24.6 Å². The highest BCUT2D eigenvalue weighted by Gasteiger charge is 2.19. The Kier molecular flexibility index (Phi) is 7.41. The van der Waals surface area contributed by atoms with E-state index < -0.39 is 24.6 Å². The van der Waals surface area contributed by atoms with Crippen LogP contribution in [0, 0.1) is 0 Å². The van der Waals surface area contributed by atoms with Crippen LogP contribution in [-0.2, 0) is 14.3 Å². The number of carbonyl (C=O) groups is 2. The summed E-state index contributed by atoms with van der Waals surface area (Å²) in [5.41, 5.74) is 0.390. The Labute approximate surface area is 170 Å². The Hall–Kier alpha value is -1.66. The maximum atomic E-state index is 12.0. The third-order valence-electron chi connectivity index (χ3n) is 3.02. The van der Waals surface area contributed by atoms with Gasteiger partial charge in [0.2, 0.25) is 0 Å². The Morgan fingerprint density at radius 3 is 2.27 bits per heavy atom. The maximum Gasteiger partial charge on any atom is 0.347 e. The van der Waals surface area contributed by atoms with Gasteiger partial charge in [0.15, 0.2) is 12.7 Å². The zero-order valence-electron chi connectivity index (χ0n) is 13.4. The van der Waals surface area contributed by atoms with E-state index in [0.717, 1.165) is 0 Å². The predicted octanol–water partition coefficient (Wildman–Crippen LogP) is 5.25. The van der Waals surface area contributed by atoms with Gasteiger partial charge in [0.1, 0.15) is 5.75 Å². The first kappa shape index (κ1) is 20.6. The molecule has 0 radical (unpaired) electrons. The van der Waals surface area contributed by atoms with Crippen molar-refractivity contribution < 1.29 is 19.1 Å². The number of hydrogen-bond acceptors (Lipinski definition) is 4. The second-order valence-electron chi connectivity index (χ2n) is 5.15. The fourth-order valence-corrected chi connectivity index (χ4v) is 2.87. The molecule has 0 bridgehead atoms. The van der Waals surface area contributed by atoms with Gasteiger partial charge in [-0.2, -0.15) is 0 Å². The highest BCUT2D eigenvalue weighted by atomic mass is 35.5. The highest BCUT2D eigenvalue weighted by molar-refractivity contribution is 6.35. The molecule has 0 aliphatic heterocycles. The molecule has 1 N–H and O–H groups in total. The van der Waals surface area contributed by atoms with E-state index in [1.54, 1.807) is 6.07 Å². The van der Waals surface area contributed by atoms with E-state index >= 15 is 0 Å². The zero-order chi connectivity index (χ0) is 19.3. The van der Waals surface area contributed by atoms with E-state index in [1.807, 2.05) is 0 Å². The molecule has 2 rings (SSSR count). The zero-order valence-corrected chi connectivity index (χ0v) is 16.4. The first-order valence-electron chi connectivity index (χ1n) is 7.29. The van der Waals surface area contributed by atoms with E-state index in [9.17, 15) is 9.59 Å². The number of carbonyl (C=O) groups excluding carboxylic acids is 2. The monoisotopic (exact) mass is 435 g/mol. The first-order valence-corrected chi connectivity index (χ1v) is 8.80. The second kappa shape index (κ2) is 9.33. The summed E-state index contributed by atoms with van der Waals surface area (Å²) in [5.74, 6) is -0.998. The molecule has 0 saturated carbocycles. The number of nitrogens with one attached hydrogen (secondary N) is 1. The summed E-state index contributed by atoms with van der Waals surface area (Å²) in [6, 6.07) is 9.15. The smallest absolute Gasteiger partial charge is 0.347 e. The minimum Gasteiger partial charge on any atom is -0.477 e. The van der Waals surface area contributed by atoms with Crippen LogP contribution >= 0.6 is 46.4 Å². The minimum absolute atomic E-state index is 0.257. The summed E-state index contributed by atoms with van der Waals surface area (Å²) >= 11 is 23.5. The van der Waals surface area contributed by atoms with Crippen LogP contribution in [0.2, 0.25) is 20.1 Å². The molecule has 26 heavy (non-hydrogen) atoms. The van der Waals surface area contributed by atoms with Crippen LogP contribution in [0.5, 0.6) is 5.75 Å². The molecule has 5 nitrogen and oxygen atoms in total. The Morgan fingerprint density at radius 2 is 1.65 bits per heavy atom. The maximum absolute atomic E-state index is 12.0. The van der Waals surface area contributed by atoms with Crippen molar-refractivity contribution in [1.82, 2.24) is 0 Å². The van der Waals surface area contributed by atoms with Gasteiger partial charge in [-0.05, 0) is 43.3 Å². The predicted molar refractivity (Wildman–Crippen MR) is 103 cm³/mol. The van der Waals surface area contributed by atoms with Gasteiger partial charge < -0.3 is 14.8 Å². The van der Waals surface area contributed by atoms with Crippen molar-refractivity contribution in [3.8, 4) is 5.75 Å². The van der Waals surface area contributed by atoms with Gasteiger partial charge in [-0.1, -0.05) is 46.4 Å². The lowest BCUT2D eigenvalue weighted by Crippen LogP contribution is -2.29. The van der Waals surface area contributed by atoms with Crippen molar-refractivity contribution in [2.75, 3.05) is 11.9 Å². The van der Waals surface area contributed by atoms with Gasteiger partial charge in [-0.15, -0.1) is 0 Å². The summed E-state index contributed by atoms with van der Waals surface area (Å²) in [4.78, 5) is 23.8. The molecule has 138 valence electrons. The molecule has 0 fully saturated rings. The molecule has 1 atom stereocenters. The third kappa shape index (κ3) is 6.25. The van der Waals surface area contributed by atoms with Crippen LogP contribution in [0.15, 0.2) is 36.4 Å². The third-order valence-corrected chi connectivity index (χ3v) is 3.99. The van der Waals surface area contributed by atoms with Gasteiger partial charge in [0.05, 0.1) is 5.02 Å². The number of hydrogen-bond donors (Lipinski definition) is 1. The van der Waals surface area contributed by atoms with Crippen molar-refractivity contribution in [1.29, 1.82) is 0 Å². The molecule has 9 heteroatoms. The van der Waals surface area contributed by atoms with E-state index in [2.05, 4.69) is 5.32 Å². The number of benzene rings is 2. The first-order chi connectivity index (χ1) is 12.2. The number of anilines is 1. The molecular weight excluding hydrogens is 424 g/mol. The summed E-state index contributed by atoms with van der Waals surface area (Å²) in [6.45, 7) is 0.979. The van der Waals surface area contributed by atoms with Gasteiger partial charge in [0, 0.05) is 20.8 Å². The SMILES string of the molecule is CC(Oc1ccc(Cl)cc1Cl)C(=O)OCC(=O)Nc1cc(Cl)cc(Cl)c1. The number of ether oxygens (including phenoxy) is 2. The molecule has 2 aromatic carbocycles. The van der Waals surface area contributed by atoms with Crippen LogP contribution < -0.4 is 10.1 Å². The standard InChI is InChI=1S/C17H13Cl4NO4/c1-9(26-15-3-2-10(18)7-14(15)21)17(24)25-8-16(23)22-13-5-11(19)4-12(20)6-13/h2-7,9H,8H2,1H3,(H,22,23). The average molecular weight is 437 g/mol. The molecule has 0 aliphatic carbocycles. The van der Waals surface area contributed by atoms with Crippen LogP contribution in [0.25, 0.3) is 0 Å². The molecule has 0 aliphatic rings. The lowest BCUT2D eigenvalue weighted by atomic mass is 10.3.